The number of benzene rings is 2. The first-order valence-corrected chi connectivity index (χ1v) is 14.3. The number of nitrogens with zero attached hydrogens (tertiary/aromatic N) is 1. The van der Waals surface area contributed by atoms with Crippen LogP contribution >= 0.6 is 0 Å². The van der Waals surface area contributed by atoms with Crippen LogP contribution in [0, 0.1) is 5.82 Å². The normalized spacial score (nSPS) is 14.4. The van der Waals surface area contributed by atoms with Crippen molar-refractivity contribution < 1.29 is 14.3 Å². The van der Waals surface area contributed by atoms with Gasteiger partial charge in [-0.2, -0.15) is 0 Å². The Balaban J connectivity index is 1.25. The molecule has 7 nitrogen and oxygen atoms in total. The number of halogens is 1. The highest BCUT2D eigenvalue weighted by Gasteiger charge is 2.24. The van der Waals surface area contributed by atoms with Crippen LogP contribution in [0.15, 0.2) is 53.3 Å². The van der Waals surface area contributed by atoms with Gasteiger partial charge in [0.2, 0.25) is 11.5 Å². The molecule has 1 saturated carbocycles. The number of carbonyl (C=O) groups is 1. The Morgan fingerprint density at radius 1 is 0.949 bits per heavy atom. The van der Waals surface area contributed by atoms with Gasteiger partial charge in [0.05, 0.1) is 5.52 Å². The number of carbonyl (C=O) groups excluding carboxylic acids is 1. The predicted molar refractivity (Wildman–Crippen MR) is 154 cm³/mol. The topological polar surface area (TPSA) is 97.5 Å². The highest BCUT2D eigenvalue weighted by Crippen LogP contribution is 2.25. The number of hydrogen-bond donors (Lipinski definition) is 4. The molecule has 1 heterocycles. The largest absolute Gasteiger partial charge is 0.506 e. The van der Waals surface area contributed by atoms with E-state index in [0.717, 1.165) is 48.7 Å². The van der Waals surface area contributed by atoms with Gasteiger partial charge in [-0.3, -0.25) is 9.59 Å². The molecule has 1 aliphatic rings. The van der Waals surface area contributed by atoms with Gasteiger partial charge in [-0.25, -0.2) is 4.39 Å². The first-order valence-electron chi connectivity index (χ1n) is 14.3. The summed E-state index contributed by atoms with van der Waals surface area (Å²) in [7, 11) is 0. The average Bonchev–Trinajstić information content (AvgIpc) is 3.21. The fraction of sp³-hybridized carbons (Fsp3) is 0.484. The third kappa shape index (κ3) is 8.63. The summed E-state index contributed by atoms with van der Waals surface area (Å²) in [4.78, 5) is 29.7. The van der Waals surface area contributed by atoms with Gasteiger partial charge < -0.3 is 25.6 Å². The van der Waals surface area contributed by atoms with E-state index in [1.807, 2.05) is 12.1 Å². The summed E-state index contributed by atoms with van der Waals surface area (Å²) < 4.78 is 13.4. The van der Waals surface area contributed by atoms with Crippen molar-refractivity contribution in [2.75, 3.05) is 32.7 Å². The fourth-order valence-electron chi connectivity index (χ4n) is 5.53. The van der Waals surface area contributed by atoms with Gasteiger partial charge in [0.15, 0.2) is 0 Å². The Bertz CT molecular complexity index is 1270. The van der Waals surface area contributed by atoms with E-state index in [0.29, 0.717) is 44.2 Å². The maximum Gasteiger partial charge on any atom is 0.248 e. The van der Waals surface area contributed by atoms with Gasteiger partial charge in [0, 0.05) is 43.5 Å². The first-order chi connectivity index (χ1) is 19.0. The molecule has 4 rings (SSSR count). The molecular formula is C31H41FN4O3. The lowest BCUT2D eigenvalue weighted by Crippen LogP contribution is -2.45. The molecule has 39 heavy (non-hydrogen) atoms. The van der Waals surface area contributed by atoms with Crippen molar-refractivity contribution >= 4 is 16.8 Å². The van der Waals surface area contributed by atoms with Crippen LogP contribution < -0.4 is 16.2 Å². The molecule has 0 bridgehead atoms. The van der Waals surface area contributed by atoms with Gasteiger partial charge in [-0.05, 0) is 74.2 Å². The number of rotatable bonds is 13. The van der Waals surface area contributed by atoms with Crippen LogP contribution in [-0.2, 0) is 17.6 Å². The zero-order valence-electron chi connectivity index (χ0n) is 22.7. The molecule has 0 spiro atoms. The highest BCUT2D eigenvalue weighted by atomic mass is 19.1. The number of aromatic nitrogens is 1. The van der Waals surface area contributed by atoms with Crippen LogP contribution in [0.25, 0.3) is 10.9 Å². The minimum Gasteiger partial charge on any atom is -0.506 e. The van der Waals surface area contributed by atoms with Crippen molar-refractivity contribution in [3.63, 3.8) is 0 Å². The zero-order chi connectivity index (χ0) is 27.5. The summed E-state index contributed by atoms with van der Waals surface area (Å²) in [5, 5.41) is 17.8. The Kier molecular flexibility index (Phi) is 10.9. The van der Waals surface area contributed by atoms with Crippen LogP contribution in [0.3, 0.4) is 0 Å². The summed E-state index contributed by atoms with van der Waals surface area (Å²) in [6.45, 7) is 3.44. The van der Waals surface area contributed by atoms with Gasteiger partial charge in [-0.15, -0.1) is 0 Å². The number of H-pyrrole nitrogens is 1. The van der Waals surface area contributed by atoms with Crippen LogP contribution in [0.1, 0.15) is 56.1 Å². The lowest BCUT2D eigenvalue weighted by atomic mass is 10.0. The lowest BCUT2D eigenvalue weighted by molar-refractivity contribution is -0.133. The third-order valence-electron chi connectivity index (χ3n) is 7.64. The SMILES string of the molecule is O=C(CCNCCc1cccc(F)c1)N(CCNCCc1ccc(O)c2[nH]c(=O)ccc12)C1CCCCCC1. The van der Waals surface area contributed by atoms with E-state index < -0.39 is 0 Å². The Hall–Kier alpha value is -3.23. The summed E-state index contributed by atoms with van der Waals surface area (Å²) in [5.74, 6) is 0.0407. The molecule has 0 atom stereocenters. The standard InChI is InChI=1S/C31H41FN4O3/c32-25-7-5-6-23(22-25)14-17-33-19-16-30(39)36(26-8-3-1-2-4-9-26)21-20-34-18-15-24-10-12-28(37)31-27(24)11-13-29(38)35-31/h5-7,10-13,22,26,33-34,37H,1-4,8-9,14-21H2,(H,35,38). The monoisotopic (exact) mass is 536 g/mol. The minimum atomic E-state index is -0.238. The maximum absolute atomic E-state index is 13.4. The van der Waals surface area contributed by atoms with E-state index in [-0.39, 0.29) is 23.0 Å². The molecular weight excluding hydrogens is 495 g/mol. The smallest absolute Gasteiger partial charge is 0.248 e. The van der Waals surface area contributed by atoms with Gasteiger partial charge >= 0.3 is 0 Å². The highest BCUT2D eigenvalue weighted by molar-refractivity contribution is 5.87. The van der Waals surface area contributed by atoms with E-state index in [1.165, 1.54) is 37.8 Å². The second-order valence-electron chi connectivity index (χ2n) is 10.5. The molecule has 1 fully saturated rings. The van der Waals surface area contributed by atoms with Crippen molar-refractivity contribution in [1.29, 1.82) is 0 Å². The van der Waals surface area contributed by atoms with E-state index in [9.17, 15) is 19.1 Å². The summed E-state index contributed by atoms with van der Waals surface area (Å²) in [6, 6.07) is 13.7. The van der Waals surface area contributed by atoms with Crippen LogP contribution in [0.2, 0.25) is 0 Å². The lowest BCUT2D eigenvalue weighted by Gasteiger charge is -2.32. The number of pyridine rings is 1. The van der Waals surface area contributed by atoms with Crippen molar-refractivity contribution in [2.24, 2.45) is 0 Å². The first kappa shape index (κ1) is 28.8. The van der Waals surface area contributed by atoms with Crippen LogP contribution in [-0.4, -0.2) is 59.7 Å². The zero-order valence-corrected chi connectivity index (χ0v) is 22.7. The minimum absolute atomic E-state index is 0.0698. The quantitative estimate of drug-likeness (QED) is 0.193. The average molecular weight is 537 g/mol. The molecule has 0 radical (unpaired) electrons. The van der Waals surface area contributed by atoms with Gasteiger partial charge in [0.1, 0.15) is 11.6 Å². The van der Waals surface area contributed by atoms with Gasteiger partial charge in [0.25, 0.3) is 0 Å². The number of nitrogens with one attached hydrogen (secondary N) is 3. The molecule has 2 aromatic carbocycles. The molecule has 1 aliphatic carbocycles. The number of amides is 1. The number of aromatic hydroxyl groups is 1. The summed E-state index contributed by atoms with van der Waals surface area (Å²) in [6.07, 6.45) is 8.89. The molecule has 3 aromatic rings. The number of aromatic amines is 1. The Labute approximate surface area is 229 Å². The van der Waals surface area contributed by atoms with Crippen molar-refractivity contribution in [1.82, 2.24) is 20.5 Å². The molecule has 1 aromatic heterocycles. The molecule has 210 valence electrons. The van der Waals surface area contributed by atoms with Crippen LogP contribution in [0.5, 0.6) is 5.75 Å². The second-order valence-corrected chi connectivity index (χ2v) is 10.5. The third-order valence-corrected chi connectivity index (χ3v) is 7.64. The maximum atomic E-state index is 13.4. The molecule has 0 unspecified atom stereocenters. The summed E-state index contributed by atoms with van der Waals surface area (Å²) >= 11 is 0. The van der Waals surface area contributed by atoms with Crippen molar-refractivity contribution in [3.8, 4) is 5.75 Å². The molecule has 8 heteroatoms. The molecule has 0 aliphatic heterocycles. The fourth-order valence-corrected chi connectivity index (χ4v) is 5.53. The number of phenolic OH excluding ortho intramolecular Hbond substituents is 1. The van der Waals surface area contributed by atoms with E-state index in [2.05, 4.69) is 20.5 Å². The van der Waals surface area contributed by atoms with Crippen molar-refractivity contribution in [3.05, 3.63) is 75.8 Å². The number of fused-ring (bicyclic) bond motifs is 1. The second kappa shape index (κ2) is 14.8. The van der Waals surface area contributed by atoms with Crippen molar-refractivity contribution in [2.45, 2.75) is 63.8 Å². The Morgan fingerprint density at radius 2 is 1.72 bits per heavy atom. The number of phenols is 1. The van der Waals surface area contributed by atoms with Crippen LogP contribution in [0.4, 0.5) is 4.39 Å². The Morgan fingerprint density at radius 3 is 2.51 bits per heavy atom. The summed E-state index contributed by atoms with van der Waals surface area (Å²) in [5.41, 5.74) is 2.23. The molecule has 0 saturated heterocycles. The number of hydrogen-bond acceptors (Lipinski definition) is 5. The van der Waals surface area contributed by atoms with E-state index in [1.54, 1.807) is 24.3 Å². The van der Waals surface area contributed by atoms with Gasteiger partial charge in [-0.1, -0.05) is 43.9 Å². The van der Waals surface area contributed by atoms with E-state index >= 15 is 0 Å². The molecule has 4 N–H and O–H groups in total. The predicted octanol–water partition coefficient (Wildman–Crippen LogP) is 4.28. The molecule has 1 amide bonds. The van der Waals surface area contributed by atoms with E-state index in [4.69, 9.17) is 0 Å².